The smallest absolute Gasteiger partial charge is 0.337 e. The highest BCUT2D eigenvalue weighted by molar-refractivity contribution is 6.31. The maximum atomic E-state index is 11.6. The number of ether oxygens (including phenoxy) is 1. The standard InChI is InChI=1S/C15H21ClN2O2.ClH/c1-10-7-17-8-11(2)18(10)9-13-6-12(15(19)20-3)4-5-14(13)16;/h4-6,10-11,17H,7-9H2,1-3H3;1H/t10-,11+;. The Balaban J connectivity index is 0.00000220. The first-order chi connectivity index (χ1) is 9.52. The number of piperazine rings is 1. The van der Waals surface area contributed by atoms with Crippen molar-refractivity contribution in [2.75, 3.05) is 20.2 Å². The van der Waals surface area contributed by atoms with Gasteiger partial charge in [0.05, 0.1) is 12.7 Å². The summed E-state index contributed by atoms with van der Waals surface area (Å²) in [6, 6.07) is 6.17. The van der Waals surface area contributed by atoms with Crippen LogP contribution in [0.5, 0.6) is 0 Å². The van der Waals surface area contributed by atoms with Gasteiger partial charge >= 0.3 is 5.97 Å². The Morgan fingerprint density at radius 1 is 1.38 bits per heavy atom. The minimum atomic E-state index is -0.329. The number of nitrogens with zero attached hydrogens (tertiary/aromatic N) is 1. The van der Waals surface area contributed by atoms with Crippen molar-refractivity contribution in [3.8, 4) is 0 Å². The summed E-state index contributed by atoms with van der Waals surface area (Å²) in [4.78, 5) is 14.0. The van der Waals surface area contributed by atoms with E-state index in [-0.39, 0.29) is 18.4 Å². The van der Waals surface area contributed by atoms with Crippen molar-refractivity contribution in [1.29, 1.82) is 0 Å². The predicted octanol–water partition coefficient (Wildman–Crippen LogP) is 2.73. The number of carbonyl (C=O) groups excluding carboxylic acids is 1. The lowest BCUT2D eigenvalue weighted by molar-refractivity contribution is 0.0600. The van der Waals surface area contributed by atoms with Gasteiger partial charge < -0.3 is 10.1 Å². The summed E-state index contributed by atoms with van der Waals surface area (Å²) >= 11 is 6.26. The molecule has 1 aromatic rings. The second-order valence-corrected chi connectivity index (χ2v) is 5.73. The minimum Gasteiger partial charge on any atom is -0.465 e. The molecule has 0 aliphatic carbocycles. The second kappa shape index (κ2) is 7.99. The second-order valence-electron chi connectivity index (χ2n) is 5.33. The van der Waals surface area contributed by atoms with Gasteiger partial charge in [-0.2, -0.15) is 0 Å². The zero-order valence-corrected chi connectivity index (χ0v) is 14.1. The fourth-order valence-electron chi connectivity index (χ4n) is 2.62. The molecule has 6 heteroatoms. The van der Waals surface area contributed by atoms with Crippen LogP contribution in [0.25, 0.3) is 0 Å². The topological polar surface area (TPSA) is 41.6 Å². The Bertz CT molecular complexity index is 487. The third-order valence-corrected chi connectivity index (χ3v) is 4.20. The first kappa shape index (κ1) is 18.2. The minimum absolute atomic E-state index is 0. The van der Waals surface area contributed by atoms with Crippen LogP contribution in [0.3, 0.4) is 0 Å². The van der Waals surface area contributed by atoms with E-state index in [2.05, 4.69) is 24.1 Å². The zero-order valence-electron chi connectivity index (χ0n) is 12.6. The van der Waals surface area contributed by atoms with Gasteiger partial charge in [0.15, 0.2) is 0 Å². The third kappa shape index (κ3) is 4.33. The molecule has 1 aromatic carbocycles. The molecule has 0 unspecified atom stereocenters. The number of halogens is 2. The van der Waals surface area contributed by atoms with Crippen LogP contribution < -0.4 is 5.32 Å². The Hall–Kier alpha value is -0.810. The number of benzene rings is 1. The van der Waals surface area contributed by atoms with Crippen LogP contribution in [-0.4, -0.2) is 43.2 Å². The van der Waals surface area contributed by atoms with Crippen molar-refractivity contribution >= 4 is 30.0 Å². The van der Waals surface area contributed by atoms with E-state index in [1.807, 2.05) is 6.07 Å². The molecule has 4 nitrogen and oxygen atoms in total. The summed E-state index contributed by atoms with van der Waals surface area (Å²) in [5.41, 5.74) is 1.51. The summed E-state index contributed by atoms with van der Waals surface area (Å²) < 4.78 is 4.76. The van der Waals surface area contributed by atoms with E-state index < -0.39 is 0 Å². The lowest BCUT2D eigenvalue weighted by Gasteiger charge is -2.39. The number of nitrogens with one attached hydrogen (secondary N) is 1. The highest BCUT2D eigenvalue weighted by atomic mass is 35.5. The lowest BCUT2D eigenvalue weighted by atomic mass is 10.1. The summed E-state index contributed by atoms with van der Waals surface area (Å²) in [5.74, 6) is -0.329. The molecule has 1 aliphatic rings. The van der Waals surface area contributed by atoms with E-state index in [1.165, 1.54) is 7.11 Å². The van der Waals surface area contributed by atoms with Crippen LogP contribution in [0.1, 0.15) is 29.8 Å². The molecular weight excluding hydrogens is 311 g/mol. The van der Waals surface area contributed by atoms with E-state index in [0.717, 1.165) is 25.2 Å². The summed E-state index contributed by atoms with van der Waals surface area (Å²) in [6.07, 6.45) is 0. The van der Waals surface area contributed by atoms with E-state index in [4.69, 9.17) is 16.3 Å². The fourth-order valence-corrected chi connectivity index (χ4v) is 2.80. The Morgan fingerprint density at radius 2 is 2.00 bits per heavy atom. The van der Waals surface area contributed by atoms with Crippen molar-refractivity contribution in [3.05, 3.63) is 34.3 Å². The zero-order chi connectivity index (χ0) is 14.7. The number of carbonyl (C=O) groups is 1. The molecular formula is C15H22Cl2N2O2. The lowest BCUT2D eigenvalue weighted by Crippen LogP contribution is -2.54. The Kier molecular flexibility index (Phi) is 6.94. The number of rotatable bonds is 3. The average Bonchev–Trinajstić information content (AvgIpc) is 2.44. The first-order valence-corrected chi connectivity index (χ1v) is 7.24. The third-order valence-electron chi connectivity index (χ3n) is 3.83. The van der Waals surface area contributed by atoms with Gasteiger partial charge in [-0.3, -0.25) is 4.90 Å². The van der Waals surface area contributed by atoms with Gasteiger partial charge in [-0.1, -0.05) is 11.6 Å². The molecule has 0 aromatic heterocycles. The highest BCUT2D eigenvalue weighted by Gasteiger charge is 2.25. The van der Waals surface area contributed by atoms with E-state index in [0.29, 0.717) is 22.7 Å². The van der Waals surface area contributed by atoms with Gasteiger partial charge in [0.2, 0.25) is 0 Å². The maximum absolute atomic E-state index is 11.6. The molecule has 0 bridgehead atoms. The Labute approximate surface area is 137 Å². The molecule has 1 N–H and O–H groups in total. The van der Waals surface area contributed by atoms with E-state index >= 15 is 0 Å². The number of hydrogen-bond donors (Lipinski definition) is 1. The van der Waals surface area contributed by atoms with Crippen molar-refractivity contribution in [2.45, 2.75) is 32.5 Å². The van der Waals surface area contributed by atoms with Gasteiger partial charge in [0.1, 0.15) is 0 Å². The number of esters is 1. The van der Waals surface area contributed by atoms with E-state index in [1.54, 1.807) is 12.1 Å². The van der Waals surface area contributed by atoms with Crippen molar-refractivity contribution in [3.63, 3.8) is 0 Å². The SMILES string of the molecule is COC(=O)c1ccc(Cl)c(CN2[C@H](C)CNC[C@@H]2C)c1.Cl. The van der Waals surface area contributed by atoms with Crippen LogP contribution in [0.2, 0.25) is 5.02 Å². The molecule has 0 amide bonds. The molecule has 21 heavy (non-hydrogen) atoms. The van der Waals surface area contributed by atoms with Gasteiger partial charge in [0, 0.05) is 36.7 Å². The monoisotopic (exact) mass is 332 g/mol. The molecule has 1 heterocycles. The molecule has 1 saturated heterocycles. The van der Waals surface area contributed by atoms with Crippen molar-refractivity contribution < 1.29 is 9.53 Å². The summed E-state index contributed by atoms with van der Waals surface area (Å²) in [6.45, 7) is 7.08. The van der Waals surface area contributed by atoms with Crippen molar-refractivity contribution in [2.24, 2.45) is 0 Å². The average molecular weight is 333 g/mol. The molecule has 0 saturated carbocycles. The van der Waals surface area contributed by atoms with Crippen molar-refractivity contribution in [1.82, 2.24) is 10.2 Å². The Morgan fingerprint density at radius 3 is 2.57 bits per heavy atom. The van der Waals surface area contributed by atoms with Gasteiger partial charge in [-0.15, -0.1) is 12.4 Å². The predicted molar refractivity (Wildman–Crippen MR) is 87.4 cm³/mol. The van der Waals surface area contributed by atoms with Crippen LogP contribution in [0.15, 0.2) is 18.2 Å². The normalized spacial score (nSPS) is 22.5. The molecule has 1 aliphatic heterocycles. The molecule has 2 rings (SSSR count). The van der Waals surface area contributed by atoms with Gasteiger partial charge in [-0.05, 0) is 37.6 Å². The van der Waals surface area contributed by atoms with Gasteiger partial charge in [0.25, 0.3) is 0 Å². The molecule has 118 valence electrons. The maximum Gasteiger partial charge on any atom is 0.337 e. The van der Waals surface area contributed by atoms with Crippen LogP contribution in [0, 0.1) is 0 Å². The molecule has 2 atom stereocenters. The molecule has 1 fully saturated rings. The van der Waals surface area contributed by atoms with E-state index in [9.17, 15) is 4.79 Å². The first-order valence-electron chi connectivity index (χ1n) is 6.86. The van der Waals surface area contributed by atoms with Crippen LogP contribution >= 0.6 is 24.0 Å². The van der Waals surface area contributed by atoms with Crippen LogP contribution in [-0.2, 0) is 11.3 Å². The fraction of sp³-hybridized carbons (Fsp3) is 0.533. The highest BCUT2D eigenvalue weighted by Crippen LogP contribution is 2.23. The summed E-state index contributed by atoms with van der Waals surface area (Å²) in [5, 5.41) is 4.09. The largest absolute Gasteiger partial charge is 0.465 e. The molecule has 0 spiro atoms. The van der Waals surface area contributed by atoms with Crippen LogP contribution in [0.4, 0.5) is 0 Å². The van der Waals surface area contributed by atoms with Gasteiger partial charge in [-0.25, -0.2) is 4.79 Å². The molecule has 0 radical (unpaired) electrons. The number of methoxy groups -OCH3 is 1. The summed E-state index contributed by atoms with van der Waals surface area (Å²) in [7, 11) is 1.39. The quantitative estimate of drug-likeness (QED) is 0.864. The number of hydrogen-bond acceptors (Lipinski definition) is 4.